The quantitative estimate of drug-likeness (QED) is 0.301. The second-order valence-electron chi connectivity index (χ2n) is 6.74. The van der Waals surface area contributed by atoms with E-state index in [1.54, 1.807) is 6.07 Å². The molecule has 1 fully saturated rings. The number of hydroxylamine groups is 1. The van der Waals surface area contributed by atoms with Gasteiger partial charge in [0.05, 0.1) is 5.69 Å². The maximum absolute atomic E-state index is 9.42. The smallest absolute Gasteiger partial charge is 0.126 e. The molecule has 2 aromatic rings. The van der Waals surface area contributed by atoms with Crippen LogP contribution in [0.15, 0.2) is 53.5 Å². The number of halogens is 1. The number of amidine groups is 1. The van der Waals surface area contributed by atoms with Gasteiger partial charge in [0.2, 0.25) is 0 Å². The molecule has 0 bridgehead atoms. The summed E-state index contributed by atoms with van der Waals surface area (Å²) in [5.74, 6) is 1.73. The minimum atomic E-state index is 0.530. The van der Waals surface area contributed by atoms with Crippen LogP contribution in [0.4, 0.5) is 11.4 Å². The normalized spacial score (nSPS) is 21.1. The minimum Gasteiger partial charge on any atom is -0.399 e. The predicted octanol–water partition coefficient (Wildman–Crippen LogP) is 5.30. The number of nitrogens with zero attached hydrogens (tertiary/aromatic N) is 1. The molecule has 0 saturated heterocycles. The summed E-state index contributed by atoms with van der Waals surface area (Å²) in [6.45, 7) is 0. The van der Waals surface area contributed by atoms with Crippen molar-refractivity contribution in [3.8, 4) is 0 Å². The highest BCUT2D eigenvalue weighted by Gasteiger charge is 2.23. The van der Waals surface area contributed by atoms with E-state index >= 15 is 0 Å². The van der Waals surface area contributed by atoms with Crippen molar-refractivity contribution in [3.63, 3.8) is 0 Å². The lowest BCUT2D eigenvalue weighted by molar-refractivity contribution is 0.226. The maximum atomic E-state index is 9.42. The molecule has 0 radical (unpaired) electrons. The van der Waals surface area contributed by atoms with Crippen LogP contribution in [0.1, 0.15) is 43.6 Å². The fraction of sp³-hybridized carbons (Fsp3) is 0.350. The van der Waals surface area contributed by atoms with E-state index in [-0.39, 0.29) is 0 Å². The Hall–Kier alpha value is -2.04. The molecule has 1 aliphatic carbocycles. The Morgan fingerprint density at radius 1 is 1.12 bits per heavy atom. The Balaban J connectivity index is 1.58. The summed E-state index contributed by atoms with van der Waals surface area (Å²) in [5, 5.41) is 10.1. The van der Waals surface area contributed by atoms with Gasteiger partial charge in [-0.05, 0) is 73.4 Å². The molecule has 1 saturated carbocycles. The molecule has 0 heterocycles. The average molecular weight is 358 g/mol. The van der Waals surface area contributed by atoms with E-state index in [9.17, 15) is 5.21 Å². The van der Waals surface area contributed by atoms with Crippen molar-refractivity contribution in [1.29, 1.82) is 0 Å². The van der Waals surface area contributed by atoms with Gasteiger partial charge < -0.3 is 5.73 Å². The first-order valence-corrected chi connectivity index (χ1v) is 9.10. The van der Waals surface area contributed by atoms with Gasteiger partial charge in [-0.3, -0.25) is 10.7 Å². The molecule has 4 nitrogen and oxygen atoms in total. The maximum Gasteiger partial charge on any atom is 0.126 e. The van der Waals surface area contributed by atoms with Gasteiger partial charge in [0, 0.05) is 17.1 Å². The number of benzene rings is 2. The third kappa shape index (κ3) is 4.97. The van der Waals surface area contributed by atoms with E-state index in [1.807, 2.05) is 30.3 Å². The summed E-state index contributed by atoms with van der Waals surface area (Å²) in [6.07, 6.45) is 5.32. The molecular formula is C20H24ClN3O. The van der Waals surface area contributed by atoms with Crippen LogP contribution in [0, 0.1) is 5.92 Å². The third-order valence-electron chi connectivity index (χ3n) is 4.94. The van der Waals surface area contributed by atoms with Gasteiger partial charge in [0.15, 0.2) is 0 Å². The Kier molecular flexibility index (Phi) is 5.95. The lowest BCUT2D eigenvalue weighted by Gasteiger charge is -2.29. The van der Waals surface area contributed by atoms with Crippen LogP contribution in [0.2, 0.25) is 5.02 Å². The topological polar surface area (TPSA) is 70.6 Å². The molecule has 3 rings (SSSR count). The molecule has 132 valence electrons. The highest BCUT2D eigenvalue weighted by atomic mass is 35.5. The summed E-state index contributed by atoms with van der Waals surface area (Å²) < 4.78 is 0. The van der Waals surface area contributed by atoms with Gasteiger partial charge in [-0.15, -0.1) is 0 Å². The fourth-order valence-electron chi connectivity index (χ4n) is 3.56. The molecule has 5 heteroatoms. The van der Waals surface area contributed by atoms with Crippen LogP contribution in [-0.2, 0) is 0 Å². The molecule has 0 spiro atoms. The SMILES string of the molecule is Nc1ccc(C2CCC(CC(=Nc3cccc(Cl)c3)NO)CC2)cc1. The van der Waals surface area contributed by atoms with Gasteiger partial charge in [-0.1, -0.05) is 29.8 Å². The van der Waals surface area contributed by atoms with Crippen molar-refractivity contribution in [1.82, 2.24) is 5.48 Å². The van der Waals surface area contributed by atoms with E-state index in [1.165, 1.54) is 5.56 Å². The zero-order chi connectivity index (χ0) is 17.6. The summed E-state index contributed by atoms with van der Waals surface area (Å²) >= 11 is 5.99. The number of anilines is 1. The summed E-state index contributed by atoms with van der Waals surface area (Å²) in [7, 11) is 0. The van der Waals surface area contributed by atoms with E-state index in [0.717, 1.165) is 43.5 Å². The van der Waals surface area contributed by atoms with Crippen LogP contribution in [0.25, 0.3) is 0 Å². The summed E-state index contributed by atoms with van der Waals surface area (Å²) in [5.41, 5.74) is 11.0. The number of nitrogens with one attached hydrogen (secondary N) is 1. The monoisotopic (exact) mass is 357 g/mol. The molecule has 1 aliphatic rings. The number of rotatable bonds is 4. The second-order valence-corrected chi connectivity index (χ2v) is 7.18. The number of hydrogen-bond acceptors (Lipinski definition) is 3. The molecular weight excluding hydrogens is 334 g/mol. The molecule has 0 aliphatic heterocycles. The zero-order valence-electron chi connectivity index (χ0n) is 14.2. The number of nitrogen functional groups attached to an aromatic ring is 1. The predicted molar refractivity (Wildman–Crippen MR) is 104 cm³/mol. The van der Waals surface area contributed by atoms with Gasteiger partial charge in [-0.2, -0.15) is 0 Å². The van der Waals surface area contributed by atoms with Crippen molar-refractivity contribution in [2.24, 2.45) is 10.9 Å². The van der Waals surface area contributed by atoms with Crippen molar-refractivity contribution in [3.05, 3.63) is 59.1 Å². The van der Waals surface area contributed by atoms with Crippen molar-refractivity contribution >= 4 is 28.8 Å². The van der Waals surface area contributed by atoms with E-state index in [0.29, 0.717) is 22.7 Å². The third-order valence-corrected chi connectivity index (χ3v) is 5.17. The standard InChI is InChI=1S/C20H24ClN3O/c21-17-2-1-3-19(13-17)23-20(24-25)12-14-4-6-15(7-5-14)16-8-10-18(22)11-9-16/h1-3,8-11,13-15,25H,4-7,12,22H2,(H,23,24). The molecule has 4 N–H and O–H groups in total. The molecule has 0 unspecified atom stereocenters. The minimum absolute atomic E-state index is 0.530. The van der Waals surface area contributed by atoms with E-state index in [4.69, 9.17) is 17.3 Å². The Bertz CT molecular complexity index is 722. The number of nitrogens with two attached hydrogens (primary N) is 1. The Labute approximate surface area is 153 Å². The molecule has 2 aromatic carbocycles. The molecule has 0 atom stereocenters. The Morgan fingerprint density at radius 2 is 1.84 bits per heavy atom. The average Bonchev–Trinajstić information content (AvgIpc) is 2.62. The highest BCUT2D eigenvalue weighted by Crippen LogP contribution is 2.37. The number of hydrogen-bond donors (Lipinski definition) is 3. The second kappa shape index (κ2) is 8.37. The van der Waals surface area contributed by atoms with Crippen LogP contribution < -0.4 is 11.2 Å². The van der Waals surface area contributed by atoms with E-state index < -0.39 is 0 Å². The van der Waals surface area contributed by atoms with E-state index in [2.05, 4.69) is 22.6 Å². The van der Waals surface area contributed by atoms with Gasteiger partial charge in [0.1, 0.15) is 5.84 Å². The highest BCUT2D eigenvalue weighted by molar-refractivity contribution is 6.30. The Morgan fingerprint density at radius 3 is 2.48 bits per heavy atom. The summed E-state index contributed by atoms with van der Waals surface area (Å²) in [4.78, 5) is 4.48. The number of aliphatic imine (C=N–C) groups is 1. The molecule has 0 amide bonds. The lowest BCUT2D eigenvalue weighted by Crippen LogP contribution is -2.24. The van der Waals surface area contributed by atoms with Crippen LogP contribution in [-0.4, -0.2) is 11.0 Å². The zero-order valence-corrected chi connectivity index (χ0v) is 14.9. The van der Waals surface area contributed by atoms with Crippen molar-refractivity contribution < 1.29 is 5.21 Å². The summed E-state index contributed by atoms with van der Waals surface area (Å²) in [6, 6.07) is 15.6. The van der Waals surface area contributed by atoms with Gasteiger partial charge in [-0.25, -0.2) is 4.99 Å². The molecule has 25 heavy (non-hydrogen) atoms. The lowest BCUT2D eigenvalue weighted by atomic mass is 9.77. The largest absolute Gasteiger partial charge is 0.399 e. The first-order chi connectivity index (χ1) is 12.1. The van der Waals surface area contributed by atoms with Crippen LogP contribution in [0.3, 0.4) is 0 Å². The van der Waals surface area contributed by atoms with Gasteiger partial charge >= 0.3 is 0 Å². The van der Waals surface area contributed by atoms with Gasteiger partial charge in [0.25, 0.3) is 0 Å². The van der Waals surface area contributed by atoms with Crippen molar-refractivity contribution in [2.45, 2.75) is 38.0 Å². The van der Waals surface area contributed by atoms with Crippen LogP contribution >= 0.6 is 11.6 Å². The molecule has 0 aromatic heterocycles. The first-order valence-electron chi connectivity index (χ1n) is 8.72. The fourth-order valence-corrected chi connectivity index (χ4v) is 3.74. The van der Waals surface area contributed by atoms with Crippen molar-refractivity contribution in [2.75, 3.05) is 5.73 Å². The first kappa shape index (κ1) is 17.8. The van der Waals surface area contributed by atoms with Crippen LogP contribution in [0.5, 0.6) is 0 Å².